The summed E-state index contributed by atoms with van der Waals surface area (Å²) in [5.74, 6) is 0. The summed E-state index contributed by atoms with van der Waals surface area (Å²) in [6.45, 7) is 8.64. The van der Waals surface area contributed by atoms with Gasteiger partial charge in [-0.25, -0.2) is 4.79 Å². The Bertz CT molecular complexity index is 622. The summed E-state index contributed by atoms with van der Waals surface area (Å²) in [5, 5.41) is 0. The van der Waals surface area contributed by atoms with Crippen LogP contribution >= 0.6 is 0 Å². The number of hydrogen-bond acceptors (Lipinski definition) is 2. The van der Waals surface area contributed by atoms with Crippen LogP contribution in [0.4, 0.5) is 0 Å². The fraction of sp³-hybridized carbons (Fsp3) is 0.826. The van der Waals surface area contributed by atoms with Crippen LogP contribution in [0.3, 0.4) is 0 Å². The monoisotopic (exact) mass is 378 g/mol. The molecule has 0 unspecified atom stereocenters. The standard InChI is InChI=1S/C23H42N2O2/c1-5-6-7-8-9-10-11-12-13-14-15-16-17-19-20(18-23(2,3)4)24-22(27)25-21(19)26/h5-18H2,1-4H3,(H2,24,25,26,27). The zero-order valence-corrected chi connectivity index (χ0v) is 18.2. The lowest BCUT2D eigenvalue weighted by molar-refractivity contribution is 0.403. The molecule has 0 amide bonds. The van der Waals surface area contributed by atoms with Gasteiger partial charge in [0.2, 0.25) is 0 Å². The lowest BCUT2D eigenvalue weighted by atomic mass is 9.88. The minimum absolute atomic E-state index is 0.0437. The summed E-state index contributed by atoms with van der Waals surface area (Å²) in [7, 11) is 0. The number of aromatic amines is 2. The van der Waals surface area contributed by atoms with Crippen LogP contribution in [0.1, 0.15) is 116 Å². The molecule has 0 fully saturated rings. The largest absolute Gasteiger partial charge is 0.325 e. The molecular weight excluding hydrogens is 336 g/mol. The minimum atomic E-state index is -0.391. The Morgan fingerprint density at radius 1 is 0.704 bits per heavy atom. The average molecular weight is 379 g/mol. The Labute approximate surface area is 165 Å². The van der Waals surface area contributed by atoms with E-state index in [-0.39, 0.29) is 11.0 Å². The van der Waals surface area contributed by atoms with E-state index in [1.165, 1.54) is 64.2 Å². The molecule has 4 nitrogen and oxygen atoms in total. The van der Waals surface area contributed by atoms with Crippen LogP contribution < -0.4 is 11.2 Å². The number of nitrogens with one attached hydrogen (secondary N) is 2. The summed E-state index contributed by atoms with van der Waals surface area (Å²) >= 11 is 0. The number of rotatable bonds is 14. The summed E-state index contributed by atoms with van der Waals surface area (Å²) < 4.78 is 0. The second-order valence-corrected chi connectivity index (χ2v) is 9.24. The molecule has 0 saturated heterocycles. The van der Waals surface area contributed by atoms with Crippen LogP contribution in [-0.2, 0) is 12.8 Å². The molecule has 0 aliphatic rings. The third kappa shape index (κ3) is 11.2. The van der Waals surface area contributed by atoms with Gasteiger partial charge < -0.3 is 4.98 Å². The van der Waals surface area contributed by atoms with E-state index in [4.69, 9.17) is 0 Å². The zero-order valence-electron chi connectivity index (χ0n) is 18.2. The smallest absolute Gasteiger partial charge is 0.311 e. The normalized spacial score (nSPS) is 11.9. The van der Waals surface area contributed by atoms with Crippen molar-refractivity contribution in [3.8, 4) is 0 Å². The summed E-state index contributed by atoms with van der Waals surface area (Å²) in [5.41, 5.74) is 1.04. The first-order valence-corrected chi connectivity index (χ1v) is 11.2. The van der Waals surface area contributed by atoms with Gasteiger partial charge in [-0.05, 0) is 24.7 Å². The average Bonchev–Trinajstić information content (AvgIpc) is 2.56. The molecule has 4 heteroatoms. The molecule has 1 aromatic rings. The van der Waals surface area contributed by atoms with Crippen LogP contribution in [0.15, 0.2) is 9.59 Å². The summed E-state index contributed by atoms with van der Waals surface area (Å²) in [6, 6.07) is 0. The van der Waals surface area contributed by atoms with Gasteiger partial charge in [-0.2, -0.15) is 0 Å². The molecule has 2 N–H and O–H groups in total. The fourth-order valence-corrected chi connectivity index (χ4v) is 3.65. The van der Waals surface area contributed by atoms with Crippen LogP contribution in [-0.4, -0.2) is 9.97 Å². The van der Waals surface area contributed by atoms with E-state index in [1.807, 2.05) is 0 Å². The first kappa shape index (κ1) is 23.7. The number of hydrogen-bond donors (Lipinski definition) is 2. The molecule has 0 saturated carbocycles. The topological polar surface area (TPSA) is 65.7 Å². The van der Waals surface area contributed by atoms with Gasteiger partial charge in [0.15, 0.2) is 0 Å². The van der Waals surface area contributed by atoms with Gasteiger partial charge in [0.05, 0.1) is 0 Å². The van der Waals surface area contributed by atoms with Crippen molar-refractivity contribution in [1.29, 1.82) is 0 Å². The van der Waals surface area contributed by atoms with Crippen molar-refractivity contribution in [3.63, 3.8) is 0 Å². The molecule has 0 aromatic carbocycles. The van der Waals surface area contributed by atoms with E-state index < -0.39 is 5.69 Å². The highest BCUT2D eigenvalue weighted by Gasteiger charge is 2.17. The van der Waals surface area contributed by atoms with Crippen molar-refractivity contribution in [1.82, 2.24) is 9.97 Å². The zero-order chi connectivity index (χ0) is 20.1. The molecule has 0 spiro atoms. The van der Waals surface area contributed by atoms with Crippen molar-refractivity contribution in [2.75, 3.05) is 0 Å². The van der Waals surface area contributed by atoms with E-state index in [0.717, 1.165) is 36.9 Å². The molecule has 0 bridgehead atoms. The van der Waals surface area contributed by atoms with E-state index >= 15 is 0 Å². The quantitative estimate of drug-likeness (QED) is 0.396. The Morgan fingerprint density at radius 3 is 1.67 bits per heavy atom. The van der Waals surface area contributed by atoms with Gasteiger partial charge in [-0.3, -0.25) is 9.78 Å². The molecule has 1 rings (SSSR count). The van der Waals surface area contributed by atoms with Gasteiger partial charge in [0.25, 0.3) is 5.56 Å². The molecule has 0 radical (unpaired) electrons. The number of aromatic nitrogens is 2. The minimum Gasteiger partial charge on any atom is -0.311 e. The van der Waals surface area contributed by atoms with Crippen molar-refractivity contribution in [2.24, 2.45) is 5.41 Å². The third-order valence-corrected chi connectivity index (χ3v) is 5.12. The second kappa shape index (κ2) is 13.0. The Morgan fingerprint density at radius 2 is 1.19 bits per heavy atom. The van der Waals surface area contributed by atoms with Gasteiger partial charge >= 0.3 is 5.69 Å². The van der Waals surface area contributed by atoms with Gasteiger partial charge in [0, 0.05) is 11.3 Å². The van der Waals surface area contributed by atoms with E-state index in [9.17, 15) is 9.59 Å². The Balaban J connectivity index is 2.25. The highest BCUT2D eigenvalue weighted by molar-refractivity contribution is 5.17. The highest BCUT2D eigenvalue weighted by atomic mass is 16.2. The van der Waals surface area contributed by atoms with Crippen molar-refractivity contribution >= 4 is 0 Å². The molecule has 27 heavy (non-hydrogen) atoms. The van der Waals surface area contributed by atoms with Gasteiger partial charge in [-0.15, -0.1) is 0 Å². The van der Waals surface area contributed by atoms with Crippen LogP contribution in [0, 0.1) is 5.41 Å². The first-order chi connectivity index (χ1) is 12.8. The summed E-state index contributed by atoms with van der Waals surface area (Å²) in [6.07, 6.45) is 17.2. The highest BCUT2D eigenvalue weighted by Crippen LogP contribution is 2.21. The molecule has 1 aromatic heterocycles. The number of unbranched alkanes of at least 4 members (excludes halogenated alkanes) is 11. The third-order valence-electron chi connectivity index (χ3n) is 5.12. The maximum absolute atomic E-state index is 12.2. The number of H-pyrrole nitrogens is 2. The molecule has 1 heterocycles. The second-order valence-electron chi connectivity index (χ2n) is 9.24. The van der Waals surface area contributed by atoms with Crippen molar-refractivity contribution in [3.05, 3.63) is 32.1 Å². The summed E-state index contributed by atoms with van der Waals surface area (Å²) in [4.78, 5) is 29.1. The molecule has 0 atom stereocenters. The van der Waals surface area contributed by atoms with E-state index in [1.54, 1.807) is 0 Å². The molecule has 0 aliphatic heterocycles. The first-order valence-electron chi connectivity index (χ1n) is 11.2. The lowest BCUT2D eigenvalue weighted by Crippen LogP contribution is -2.30. The Hall–Kier alpha value is -1.32. The predicted octanol–water partition coefficient (Wildman–Crippen LogP) is 5.90. The SMILES string of the molecule is CCCCCCCCCCCCCCc1c(CC(C)(C)C)[nH]c(=O)[nH]c1=O. The van der Waals surface area contributed by atoms with Gasteiger partial charge in [0.1, 0.15) is 0 Å². The molecular formula is C23H42N2O2. The Kier molecular flexibility index (Phi) is 11.4. The van der Waals surface area contributed by atoms with Crippen molar-refractivity contribution < 1.29 is 0 Å². The molecule has 156 valence electrons. The van der Waals surface area contributed by atoms with Gasteiger partial charge in [-0.1, -0.05) is 98.3 Å². The molecule has 0 aliphatic carbocycles. The maximum atomic E-state index is 12.2. The van der Waals surface area contributed by atoms with Crippen molar-refractivity contribution in [2.45, 2.75) is 118 Å². The van der Waals surface area contributed by atoms with E-state index in [2.05, 4.69) is 37.7 Å². The lowest BCUT2D eigenvalue weighted by Gasteiger charge is -2.19. The predicted molar refractivity (Wildman–Crippen MR) is 116 cm³/mol. The van der Waals surface area contributed by atoms with Crippen LogP contribution in [0.2, 0.25) is 0 Å². The van der Waals surface area contributed by atoms with E-state index in [0.29, 0.717) is 0 Å². The maximum Gasteiger partial charge on any atom is 0.325 e. The van der Waals surface area contributed by atoms with Crippen LogP contribution in [0.5, 0.6) is 0 Å². The van der Waals surface area contributed by atoms with Crippen LogP contribution in [0.25, 0.3) is 0 Å². The fourth-order valence-electron chi connectivity index (χ4n) is 3.65.